The predicted molar refractivity (Wildman–Crippen MR) is 396 cm³/mol. The maximum atomic E-state index is 15.4. The lowest BCUT2D eigenvalue weighted by Crippen LogP contribution is -2.81. The topological polar surface area (TPSA) is 246 Å². The number of esters is 3. The number of H-pyrrole nitrogens is 1. The summed E-state index contributed by atoms with van der Waals surface area (Å²) < 4.78 is 73.8. The minimum atomic E-state index is -1.83. The van der Waals surface area contributed by atoms with Crippen LogP contribution in [-0.2, 0) is 60.7 Å². The molecule has 5 N–H and O–H groups in total. The van der Waals surface area contributed by atoms with Crippen molar-refractivity contribution in [1.29, 1.82) is 0 Å². The first-order valence-corrected chi connectivity index (χ1v) is 36.7. The van der Waals surface area contributed by atoms with Crippen molar-refractivity contribution in [3.63, 3.8) is 0 Å². The van der Waals surface area contributed by atoms with E-state index < -0.39 is 97.9 Å². The first kappa shape index (κ1) is 80.6. The number of methoxy groups -OCH3 is 3. The molecule has 8 aliphatic heterocycles. The van der Waals surface area contributed by atoms with Gasteiger partial charge in [-0.1, -0.05) is 88.4 Å². The van der Waals surface area contributed by atoms with Gasteiger partial charge in [0.2, 0.25) is 0 Å². The summed E-state index contributed by atoms with van der Waals surface area (Å²) in [4.78, 5) is 83.1. The molecule has 582 valence electrons. The van der Waals surface area contributed by atoms with E-state index >= 15 is 4.79 Å². The number of ether oxygens (including phenoxy) is 7. The van der Waals surface area contributed by atoms with Crippen LogP contribution >= 0.6 is 0 Å². The molecule has 1 aromatic heterocycles. The maximum absolute atomic E-state index is 15.4. The number of anilines is 2. The molecule has 2 saturated carbocycles. The number of amides is 2. The number of hydrogen-bond donors (Lipinski definition) is 5. The monoisotopic (exact) mass is 1480 g/mol. The fourth-order valence-electron chi connectivity index (χ4n) is 21.7. The molecule has 10 aliphatic rings. The van der Waals surface area contributed by atoms with E-state index in [1.165, 1.54) is 26.5 Å². The van der Waals surface area contributed by atoms with Crippen LogP contribution in [0.3, 0.4) is 0 Å². The highest BCUT2D eigenvalue weighted by Gasteiger charge is 2.80. The number of rotatable bonds is 13. The van der Waals surface area contributed by atoms with E-state index in [-0.39, 0.29) is 44.5 Å². The van der Waals surface area contributed by atoms with Crippen LogP contribution in [0.5, 0.6) is 11.5 Å². The van der Waals surface area contributed by atoms with Gasteiger partial charge in [-0.25, -0.2) is 9.59 Å². The smallest absolute Gasteiger partial charge is 0.407 e. The summed E-state index contributed by atoms with van der Waals surface area (Å²) in [5.41, 5.74) is -0.115. The van der Waals surface area contributed by atoms with Gasteiger partial charge in [0.15, 0.2) is 0 Å². The van der Waals surface area contributed by atoms with Gasteiger partial charge < -0.3 is 68.8 Å². The van der Waals surface area contributed by atoms with E-state index in [1.807, 2.05) is 38.4 Å². The molecule has 1 unspecified atom stereocenters. The van der Waals surface area contributed by atoms with Crippen LogP contribution in [0.1, 0.15) is 150 Å². The van der Waals surface area contributed by atoms with E-state index in [4.69, 9.17) is 51.5 Å². The van der Waals surface area contributed by atoms with Crippen molar-refractivity contribution in [2.45, 2.75) is 204 Å². The number of hydrogen-bond acceptors (Lipinski definition) is 19. The van der Waals surface area contributed by atoms with Crippen LogP contribution in [0.2, 0.25) is 0 Å². The normalized spacial score (nSPS) is 32.5. The number of nitrogens with zero attached hydrogens (tertiary/aromatic N) is 5. The molecule has 2 saturated heterocycles. The molecule has 2 spiro atoms. The van der Waals surface area contributed by atoms with E-state index in [2.05, 4.69) is 122 Å². The Hall–Kier alpha value is -7.91. The van der Waals surface area contributed by atoms with E-state index in [1.54, 1.807) is 55.8 Å². The number of benzene rings is 3. The highest BCUT2D eigenvalue weighted by Crippen LogP contribution is 2.70. The Balaban J connectivity index is 0.000000239. The molecule has 4 fully saturated rings. The number of para-hydroxylation sites is 1. The summed E-state index contributed by atoms with van der Waals surface area (Å²) in [5.74, 6) is -0.0558. The zero-order chi connectivity index (χ0) is 76.5. The predicted octanol–water partition coefficient (Wildman–Crippen LogP) is 11.5. The van der Waals surface area contributed by atoms with Crippen molar-refractivity contribution in [1.82, 2.24) is 30.3 Å². The lowest BCUT2D eigenvalue weighted by atomic mass is 9.47. The summed E-state index contributed by atoms with van der Waals surface area (Å²) in [6.07, 6.45) is 12.5. The second-order valence-electron chi connectivity index (χ2n) is 32.3. The van der Waals surface area contributed by atoms with Crippen molar-refractivity contribution < 1.29 is 85.6 Å². The average Bonchev–Trinajstić information content (AvgIpc) is 1.47. The fourth-order valence-corrected chi connectivity index (χ4v) is 21.7. The Morgan fingerprint density at radius 3 is 1.66 bits per heavy atom. The number of likely N-dealkylation sites (N-methyl/N-ethyl adjacent to an activating group) is 2. The Bertz CT molecular complexity index is 4070. The second-order valence-corrected chi connectivity index (χ2v) is 32.3. The van der Waals surface area contributed by atoms with Crippen molar-refractivity contribution in [2.75, 3.05) is 104 Å². The number of fused-ring (bicyclic) bond motifs is 7. The molecular formula is C80H110F4N8O14. The minimum absolute atomic E-state index is 0. The lowest BCUT2D eigenvalue weighted by Gasteiger charge is -2.64. The molecule has 26 heteroatoms. The van der Waals surface area contributed by atoms with E-state index in [9.17, 15) is 29.4 Å². The van der Waals surface area contributed by atoms with Crippen LogP contribution < -0.4 is 29.9 Å². The average molecular weight is 1480 g/mol. The summed E-state index contributed by atoms with van der Waals surface area (Å²) in [6.45, 7) is 25.2. The Morgan fingerprint density at radius 2 is 1.18 bits per heavy atom. The van der Waals surface area contributed by atoms with Gasteiger partial charge in [-0.3, -0.25) is 29.1 Å². The Morgan fingerprint density at radius 1 is 0.660 bits per heavy atom. The van der Waals surface area contributed by atoms with Gasteiger partial charge in [0.05, 0.1) is 46.5 Å². The Labute approximate surface area is 620 Å². The van der Waals surface area contributed by atoms with Gasteiger partial charge >= 0.3 is 30.1 Å². The number of carbonyl (C=O) groups excluding carboxylic acids is 5. The SMILES string of the molecule is C.CCC1=C[C@@H]2CN(CCc3c([nH]c4ccccc34)[C@@](C(=O)OC)(c3cc4c(cc3OC)N(C)[C@H]3[C@@](O)(CNC(=O)OC(C)(C)C)[C@H](OC(C)=O)[C@]5(CC)C=CCN6CC[C@]43[C@@H]65)C2)C1.CC[C@]12C=CCN3CC[C@@]4(c5ccc(OC)cc5N(C)[C@H]4[C@@](O)(CNC(=O)OC(C)(C)C)[C@@H]1OC(C)=O)[C@@H]32.FF.FF. The molecule has 15 atom stereocenters. The summed E-state index contributed by atoms with van der Waals surface area (Å²) >= 11 is 0. The van der Waals surface area contributed by atoms with Crippen molar-refractivity contribution in [2.24, 2.45) is 16.7 Å². The number of halogens is 4. The molecule has 2 amide bonds. The lowest BCUT2D eigenvalue weighted by molar-refractivity contribution is -0.217. The Kier molecular flexibility index (Phi) is 22.8. The van der Waals surface area contributed by atoms with Gasteiger partial charge in [-0.2, -0.15) is 0 Å². The third kappa shape index (κ3) is 12.6. The number of carbonyl (C=O) groups is 5. The van der Waals surface area contributed by atoms with Gasteiger partial charge in [0, 0.05) is 158 Å². The van der Waals surface area contributed by atoms with Crippen LogP contribution in [-0.4, -0.2) is 213 Å². The van der Waals surface area contributed by atoms with Crippen molar-refractivity contribution >= 4 is 52.4 Å². The molecule has 14 rings (SSSR count). The second kappa shape index (κ2) is 29.9. The van der Waals surface area contributed by atoms with Gasteiger partial charge in [-0.15, -0.1) is 0 Å². The fraction of sp³-hybridized carbons (Fsp3) is 0.613. The first-order chi connectivity index (χ1) is 49.8. The third-order valence-electron chi connectivity index (χ3n) is 24.7. The van der Waals surface area contributed by atoms with E-state index in [0.717, 1.165) is 109 Å². The molecule has 3 aromatic carbocycles. The number of aromatic amines is 1. The van der Waals surface area contributed by atoms with Crippen LogP contribution in [0.15, 0.2) is 90.6 Å². The third-order valence-corrected chi connectivity index (χ3v) is 24.7. The number of nitrogens with one attached hydrogen (secondary N) is 3. The summed E-state index contributed by atoms with van der Waals surface area (Å²) in [7, 11) is 8.72. The van der Waals surface area contributed by atoms with Crippen LogP contribution in [0, 0.1) is 16.7 Å². The number of aromatic nitrogens is 1. The van der Waals surface area contributed by atoms with Gasteiger partial charge in [-0.05, 0) is 140 Å². The van der Waals surface area contributed by atoms with E-state index in [0.29, 0.717) is 43.5 Å². The molecular weight excluding hydrogens is 1370 g/mol. The van der Waals surface area contributed by atoms with Gasteiger partial charge in [0.1, 0.15) is 51.5 Å². The number of aliphatic hydroxyl groups is 2. The van der Waals surface area contributed by atoms with Crippen molar-refractivity contribution in [3.05, 3.63) is 118 Å². The first-order valence-electron chi connectivity index (χ1n) is 36.7. The summed E-state index contributed by atoms with van der Waals surface area (Å²) in [6, 6.07) is 17.3. The van der Waals surface area contributed by atoms with Crippen molar-refractivity contribution in [3.8, 4) is 11.5 Å². The maximum Gasteiger partial charge on any atom is 0.407 e. The highest BCUT2D eigenvalue weighted by molar-refractivity contribution is 5.94. The zero-order valence-electron chi connectivity index (χ0n) is 63.5. The zero-order valence-corrected chi connectivity index (χ0v) is 63.5. The standard InChI is InChI=1S/C50H65N5O8.C29H41N3O6.CH4.2F2/c1-10-31-23-32-26-49(44(57)61-9,40-34(17-21-54(27-31)28-32)33-15-12-13-16-37(33)52-40)36-24-35-38(25-39(36)60-8)53(7)42-48(35)19-22-55-20-14-18-47(11-2,41(48)55)43(62-30(3)56)50(42,59)29-51-45(58)63-46(4,5)6;1-8-27-12-9-14-32-15-13-28(22(27)32)20-11-10-19(36-7)16-21(20)31(6)23(28)29(35,24(27)37-18(2)33)17-30-25(34)38-26(3,4)5;;2*1-2/h12-16,18,23-25,32,41-43,52,59H,10-11,17,19-22,26-29H2,1-9H3,(H,51,58);9-12,16,22-24,35H,8,13-15,17H2,1-7H3,(H,30,34);1H4;;/t32-,41-,42+,43+,47+,48+,49-,50-;22-,23+,24+,27+,28+,29-;;;/m00.../s1. The molecule has 0 radical (unpaired) electrons. The number of alkyl carbamates (subject to hydrolysis) is 2. The molecule has 2 bridgehead atoms. The molecule has 4 aromatic rings. The molecule has 22 nitrogen and oxygen atoms in total. The molecule has 2 aliphatic carbocycles. The van der Waals surface area contributed by atoms with Gasteiger partial charge in [0.25, 0.3) is 0 Å². The summed E-state index contributed by atoms with van der Waals surface area (Å²) in [5, 5.41) is 33.6. The minimum Gasteiger partial charge on any atom is -0.497 e. The van der Waals surface area contributed by atoms with Crippen LogP contribution in [0.25, 0.3) is 10.9 Å². The molecule has 9 heterocycles. The molecule has 106 heavy (non-hydrogen) atoms. The highest BCUT2D eigenvalue weighted by atomic mass is 20.0. The largest absolute Gasteiger partial charge is 0.497 e. The van der Waals surface area contributed by atoms with Crippen LogP contribution in [0.4, 0.5) is 39.3 Å². The quantitative estimate of drug-likeness (QED) is 0.0361.